The molecule has 0 radical (unpaired) electrons. The largest absolute Gasteiger partial charge is 0.493 e. The highest BCUT2D eigenvalue weighted by Crippen LogP contribution is 2.32. The van der Waals surface area contributed by atoms with E-state index in [-0.39, 0.29) is 27.8 Å². The van der Waals surface area contributed by atoms with E-state index in [2.05, 4.69) is 9.46 Å². The minimum Gasteiger partial charge on any atom is -0.493 e. The van der Waals surface area contributed by atoms with Gasteiger partial charge in [0.05, 0.1) is 37.1 Å². The van der Waals surface area contributed by atoms with Gasteiger partial charge in [0.25, 0.3) is 10.0 Å². The van der Waals surface area contributed by atoms with Crippen molar-refractivity contribution in [1.29, 1.82) is 0 Å². The van der Waals surface area contributed by atoms with Crippen molar-refractivity contribution in [2.75, 3.05) is 39.3 Å². The van der Waals surface area contributed by atoms with Gasteiger partial charge in [-0.15, -0.1) is 0 Å². The molecule has 8 nitrogen and oxygen atoms in total. The molecule has 0 saturated heterocycles. The maximum absolute atomic E-state index is 12.8. The summed E-state index contributed by atoms with van der Waals surface area (Å²) in [4.78, 5) is 11.4. The van der Waals surface area contributed by atoms with Crippen LogP contribution >= 0.6 is 11.6 Å². The van der Waals surface area contributed by atoms with E-state index in [1.165, 1.54) is 45.6 Å². The Labute approximate surface area is 168 Å². The molecule has 0 bridgehead atoms. The van der Waals surface area contributed by atoms with Crippen LogP contribution in [0, 0.1) is 0 Å². The minimum atomic E-state index is -4.08. The maximum Gasteiger partial charge on any atom is 0.337 e. The Morgan fingerprint density at radius 2 is 1.79 bits per heavy atom. The molecule has 0 aliphatic heterocycles. The Hall–Kier alpha value is -2.49. The molecule has 2 rings (SSSR count). The first kappa shape index (κ1) is 21.8. The summed E-state index contributed by atoms with van der Waals surface area (Å²) in [6.45, 7) is 0.616. The second-order valence-corrected chi connectivity index (χ2v) is 7.51. The summed E-state index contributed by atoms with van der Waals surface area (Å²) in [6, 6.07) is 8.39. The molecule has 0 atom stereocenters. The van der Waals surface area contributed by atoms with Gasteiger partial charge in [-0.3, -0.25) is 4.72 Å². The van der Waals surface area contributed by atoms with E-state index in [1.54, 1.807) is 6.07 Å². The molecule has 0 amide bonds. The third-order valence-electron chi connectivity index (χ3n) is 3.60. The van der Waals surface area contributed by atoms with Gasteiger partial charge in [-0.05, 0) is 30.3 Å². The quantitative estimate of drug-likeness (QED) is 0.483. The fraction of sp³-hybridized carbons (Fsp3) is 0.278. The van der Waals surface area contributed by atoms with Crippen LogP contribution in [0.1, 0.15) is 10.4 Å². The second kappa shape index (κ2) is 9.63. The minimum absolute atomic E-state index is 0.0368. The third kappa shape index (κ3) is 5.28. The van der Waals surface area contributed by atoms with Crippen molar-refractivity contribution in [3.05, 3.63) is 47.0 Å². The lowest BCUT2D eigenvalue weighted by atomic mass is 10.2. The average Bonchev–Trinajstić information content (AvgIpc) is 2.67. The molecule has 0 spiro atoms. The van der Waals surface area contributed by atoms with Crippen LogP contribution in [0.25, 0.3) is 0 Å². The number of halogens is 1. The molecular weight excluding hydrogens is 410 g/mol. The van der Waals surface area contributed by atoms with E-state index in [9.17, 15) is 13.2 Å². The van der Waals surface area contributed by atoms with E-state index in [0.29, 0.717) is 18.1 Å². The van der Waals surface area contributed by atoms with Crippen LogP contribution in [-0.4, -0.2) is 48.9 Å². The van der Waals surface area contributed by atoms with Crippen molar-refractivity contribution >= 4 is 33.3 Å². The summed E-state index contributed by atoms with van der Waals surface area (Å²) >= 11 is 6.03. The van der Waals surface area contributed by atoms with Crippen molar-refractivity contribution in [2.24, 2.45) is 0 Å². The van der Waals surface area contributed by atoms with Gasteiger partial charge in [0.2, 0.25) is 0 Å². The number of anilines is 1. The van der Waals surface area contributed by atoms with Gasteiger partial charge in [-0.1, -0.05) is 11.6 Å². The van der Waals surface area contributed by atoms with Crippen LogP contribution in [0.2, 0.25) is 5.02 Å². The highest BCUT2D eigenvalue weighted by molar-refractivity contribution is 7.92. The summed E-state index contributed by atoms with van der Waals surface area (Å²) in [5.41, 5.74) is 0.290. The Morgan fingerprint density at radius 1 is 1.04 bits per heavy atom. The van der Waals surface area contributed by atoms with Gasteiger partial charge in [0.15, 0.2) is 11.5 Å². The lowest BCUT2D eigenvalue weighted by Crippen LogP contribution is -2.15. The molecule has 0 aliphatic rings. The zero-order valence-electron chi connectivity index (χ0n) is 15.5. The van der Waals surface area contributed by atoms with Gasteiger partial charge in [0.1, 0.15) is 11.5 Å². The van der Waals surface area contributed by atoms with Gasteiger partial charge in [-0.2, -0.15) is 0 Å². The molecule has 0 aliphatic carbocycles. The summed E-state index contributed by atoms with van der Waals surface area (Å²) in [5, 5.41) is -0.0368. The van der Waals surface area contributed by atoms with Crippen molar-refractivity contribution in [3.63, 3.8) is 0 Å². The van der Waals surface area contributed by atoms with Crippen LogP contribution in [0.5, 0.6) is 11.5 Å². The highest BCUT2D eigenvalue weighted by Gasteiger charge is 2.21. The summed E-state index contributed by atoms with van der Waals surface area (Å²) in [5.74, 6) is 0.102. The fourth-order valence-electron chi connectivity index (χ4n) is 2.25. The van der Waals surface area contributed by atoms with Crippen molar-refractivity contribution < 1.29 is 32.2 Å². The monoisotopic (exact) mass is 429 g/mol. The van der Waals surface area contributed by atoms with Crippen molar-refractivity contribution in [3.8, 4) is 11.5 Å². The van der Waals surface area contributed by atoms with E-state index < -0.39 is 16.0 Å². The molecule has 0 unspecified atom stereocenters. The first-order valence-corrected chi connectivity index (χ1v) is 9.89. The van der Waals surface area contributed by atoms with Crippen molar-refractivity contribution in [2.45, 2.75) is 4.90 Å². The number of methoxy groups -OCH3 is 3. The Kier molecular flexibility index (Phi) is 7.50. The zero-order valence-corrected chi connectivity index (χ0v) is 17.1. The molecular formula is C18H20ClNO7S. The SMILES string of the molecule is COCCOc1cc(NS(=O)(=O)c2cc(C(=O)OC)ccc2Cl)ccc1OC. The smallest absolute Gasteiger partial charge is 0.337 e. The van der Waals surface area contributed by atoms with E-state index in [4.69, 9.17) is 25.8 Å². The average molecular weight is 430 g/mol. The van der Waals surface area contributed by atoms with Gasteiger partial charge < -0.3 is 18.9 Å². The normalized spacial score (nSPS) is 11.0. The van der Waals surface area contributed by atoms with Gasteiger partial charge >= 0.3 is 5.97 Å². The number of nitrogens with one attached hydrogen (secondary N) is 1. The maximum atomic E-state index is 12.8. The number of hydrogen-bond donors (Lipinski definition) is 1. The number of rotatable bonds is 9. The number of benzene rings is 2. The molecule has 152 valence electrons. The molecule has 10 heteroatoms. The summed E-state index contributed by atoms with van der Waals surface area (Å²) in [6.07, 6.45) is 0. The fourth-order valence-corrected chi connectivity index (χ4v) is 3.83. The lowest BCUT2D eigenvalue weighted by Gasteiger charge is -2.14. The van der Waals surface area contributed by atoms with Crippen LogP contribution in [0.4, 0.5) is 5.69 Å². The molecule has 0 aromatic heterocycles. The van der Waals surface area contributed by atoms with E-state index in [0.717, 1.165) is 6.07 Å². The number of carbonyl (C=O) groups is 1. The molecule has 1 N–H and O–H groups in total. The number of hydrogen-bond acceptors (Lipinski definition) is 7. The van der Waals surface area contributed by atoms with Crippen molar-refractivity contribution in [1.82, 2.24) is 0 Å². The number of ether oxygens (including phenoxy) is 4. The molecule has 0 heterocycles. The van der Waals surface area contributed by atoms with Crippen LogP contribution in [0.3, 0.4) is 0 Å². The topological polar surface area (TPSA) is 100 Å². The second-order valence-electron chi connectivity index (χ2n) is 5.45. The number of esters is 1. The Balaban J connectivity index is 2.33. The van der Waals surface area contributed by atoms with Crippen LogP contribution in [0.15, 0.2) is 41.3 Å². The van der Waals surface area contributed by atoms with E-state index >= 15 is 0 Å². The third-order valence-corrected chi connectivity index (χ3v) is 5.47. The standard InChI is InChI=1S/C18H20ClNO7S/c1-24-8-9-27-16-11-13(5-7-15(16)25-2)20-28(22,23)17-10-12(18(21)26-3)4-6-14(17)19/h4-7,10-11,20H,8-9H2,1-3H3. The number of carbonyl (C=O) groups excluding carboxylic acids is 1. The number of sulfonamides is 1. The zero-order chi connectivity index (χ0) is 20.7. The van der Waals surface area contributed by atoms with E-state index in [1.807, 2.05) is 0 Å². The van der Waals surface area contributed by atoms with Gasteiger partial charge in [-0.25, -0.2) is 13.2 Å². The predicted octanol–water partition coefficient (Wildman–Crippen LogP) is 2.96. The first-order chi connectivity index (χ1) is 13.3. The Bertz CT molecular complexity index is 947. The van der Waals surface area contributed by atoms with Gasteiger partial charge in [0, 0.05) is 13.2 Å². The summed E-state index contributed by atoms with van der Waals surface area (Å²) < 4.78 is 48.2. The molecule has 2 aromatic carbocycles. The molecule has 0 fully saturated rings. The molecule has 2 aromatic rings. The predicted molar refractivity (Wildman–Crippen MR) is 104 cm³/mol. The van der Waals surface area contributed by atoms with Crippen LogP contribution < -0.4 is 14.2 Å². The Morgan fingerprint density at radius 3 is 2.43 bits per heavy atom. The van der Waals surface area contributed by atoms with Crippen LogP contribution in [-0.2, 0) is 19.5 Å². The summed E-state index contributed by atoms with van der Waals surface area (Å²) in [7, 11) is 0.131. The highest BCUT2D eigenvalue weighted by atomic mass is 35.5. The first-order valence-electron chi connectivity index (χ1n) is 8.03. The molecule has 28 heavy (non-hydrogen) atoms. The lowest BCUT2D eigenvalue weighted by molar-refractivity contribution is 0.0600. The molecule has 0 saturated carbocycles.